The van der Waals surface area contributed by atoms with Crippen molar-refractivity contribution in [1.82, 2.24) is 14.8 Å². The number of rotatable bonds is 3. The summed E-state index contributed by atoms with van der Waals surface area (Å²) in [4.78, 5) is 16.3. The summed E-state index contributed by atoms with van der Waals surface area (Å²) in [5.74, 6) is 0.224. The van der Waals surface area contributed by atoms with E-state index in [1.54, 1.807) is 4.68 Å². The fourth-order valence-electron chi connectivity index (χ4n) is 2.45. The standard InChI is InChI=1S/C16H16N4O2/c1-11-14(15(21)22-2)13(20-16(19-11)17-10-18-20)9-8-12-6-4-3-5-7-12/h3-10,13H,1-2H3,(H,17,18,19). The van der Waals surface area contributed by atoms with E-state index in [0.717, 1.165) is 11.3 Å². The molecule has 2 heterocycles. The third-order valence-electron chi connectivity index (χ3n) is 3.51. The van der Waals surface area contributed by atoms with Gasteiger partial charge in [-0.3, -0.25) is 0 Å². The van der Waals surface area contributed by atoms with Gasteiger partial charge in [0, 0.05) is 5.70 Å². The van der Waals surface area contributed by atoms with Crippen LogP contribution in [-0.4, -0.2) is 27.8 Å². The second-order valence-electron chi connectivity index (χ2n) is 4.90. The summed E-state index contributed by atoms with van der Waals surface area (Å²) in [7, 11) is 1.37. The first kappa shape index (κ1) is 14.1. The van der Waals surface area contributed by atoms with Crippen molar-refractivity contribution < 1.29 is 9.53 Å². The van der Waals surface area contributed by atoms with E-state index in [2.05, 4.69) is 15.4 Å². The van der Waals surface area contributed by atoms with Crippen LogP contribution < -0.4 is 5.32 Å². The lowest BCUT2D eigenvalue weighted by molar-refractivity contribution is -0.136. The molecule has 6 nitrogen and oxygen atoms in total. The molecule has 1 N–H and O–H groups in total. The molecule has 1 atom stereocenters. The van der Waals surface area contributed by atoms with E-state index < -0.39 is 0 Å². The first-order valence-corrected chi connectivity index (χ1v) is 6.89. The minimum atomic E-state index is -0.381. The summed E-state index contributed by atoms with van der Waals surface area (Å²) in [5, 5.41) is 7.27. The van der Waals surface area contributed by atoms with Gasteiger partial charge in [0.1, 0.15) is 12.4 Å². The first-order valence-electron chi connectivity index (χ1n) is 6.89. The predicted molar refractivity (Wildman–Crippen MR) is 82.9 cm³/mol. The average Bonchev–Trinajstić information content (AvgIpc) is 3.00. The summed E-state index contributed by atoms with van der Waals surface area (Å²) in [5.41, 5.74) is 2.28. The van der Waals surface area contributed by atoms with Crippen LogP contribution in [0.2, 0.25) is 0 Å². The molecule has 6 heteroatoms. The van der Waals surface area contributed by atoms with E-state index >= 15 is 0 Å². The van der Waals surface area contributed by atoms with Crippen molar-refractivity contribution >= 4 is 18.0 Å². The number of hydrogen-bond acceptors (Lipinski definition) is 5. The van der Waals surface area contributed by atoms with Gasteiger partial charge in [-0.25, -0.2) is 9.48 Å². The normalized spacial score (nSPS) is 17.3. The summed E-state index contributed by atoms with van der Waals surface area (Å²) in [6, 6.07) is 9.52. The molecule has 0 fully saturated rings. The number of benzene rings is 1. The van der Waals surface area contributed by atoms with Crippen molar-refractivity contribution in [1.29, 1.82) is 0 Å². The molecule has 0 saturated heterocycles. The molecule has 3 rings (SSSR count). The van der Waals surface area contributed by atoms with Crippen molar-refractivity contribution in [2.24, 2.45) is 0 Å². The number of nitrogens with zero attached hydrogens (tertiary/aromatic N) is 3. The zero-order chi connectivity index (χ0) is 15.5. The van der Waals surface area contributed by atoms with Crippen LogP contribution in [0.5, 0.6) is 0 Å². The molecule has 0 radical (unpaired) electrons. The molecule has 22 heavy (non-hydrogen) atoms. The van der Waals surface area contributed by atoms with E-state index in [9.17, 15) is 4.79 Å². The van der Waals surface area contributed by atoms with Gasteiger partial charge in [0.2, 0.25) is 5.95 Å². The smallest absolute Gasteiger partial charge is 0.338 e. The number of anilines is 1. The number of methoxy groups -OCH3 is 1. The Hall–Kier alpha value is -2.89. The number of fused-ring (bicyclic) bond motifs is 1. The topological polar surface area (TPSA) is 69.0 Å². The molecular formula is C16H16N4O2. The van der Waals surface area contributed by atoms with E-state index in [1.165, 1.54) is 13.4 Å². The van der Waals surface area contributed by atoms with Gasteiger partial charge < -0.3 is 10.1 Å². The van der Waals surface area contributed by atoms with Gasteiger partial charge in [-0.2, -0.15) is 10.1 Å². The zero-order valence-corrected chi connectivity index (χ0v) is 12.4. The number of nitrogens with one attached hydrogen (secondary N) is 1. The van der Waals surface area contributed by atoms with Crippen LogP contribution >= 0.6 is 0 Å². The molecule has 0 bridgehead atoms. The Balaban J connectivity index is 2.02. The Morgan fingerprint density at radius 2 is 2.14 bits per heavy atom. The zero-order valence-electron chi connectivity index (χ0n) is 12.4. The van der Waals surface area contributed by atoms with Crippen molar-refractivity contribution in [2.45, 2.75) is 13.0 Å². The molecular weight excluding hydrogens is 280 g/mol. The average molecular weight is 296 g/mol. The van der Waals surface area contributed by atoms with E-state index in [4.69, 9.17) is 4.74 Å². The second kappa shape index (κ2) is 5.85. The van der Waals surface area contributed by atoms with Crippen LogP contribution in [0.15, 0.2) is 54.0 Å². The van der Waals surface area contributed by atoms with Crippen LogP contribution in [0, 0.1) is 0 Å². The predicted octanol–water partition coefficient (Wildman–Crippen LogP) is 2.41. The molecule has 1 unspecified atom stereocenters. The molecule has 0 amide bonds. The van der Waals surface area contributed by atoms with E-state index in [-0.39, 0.29) is 12.0 Å². The number of carbonyl (C=O) groups is 1. The van der Waals surface area contributed by atoms with Gasteiger partial charge in [0.15, 0.2) is 0 Å². The van der Waals surface area contributed by atoms with Crippen LogP contribution in [0.3, 0.4) is 0 Å². The van der Waals surface area contributed by atoms with Crippen molar-refractivity contribution in [3.63, 3.8) is 0 Å². The Morgan fingerprint density at radius 1 is 1.36 bits per heavy atom. The molecule has 0 aliphatic carbocycles. The Kier molecular flexibility index (Phi) is 3.74. The maximum atomic E-state index is 12.1. The number of aromatic nitrogens is 3. The lowest BCUT2D eigenvalue weighted by atomic mass is 10.0. The molecule has 2 aromatic rings. The minimum absolute atomic E-state index is 0.355. The van der Waals surface area contributed by atoms with Gasteiger partial charge in [0.25, 0.3) is 0 Å². The van der Waals surface area contributed by atoms with Gasteiger partial charge in [-0.1, -0.05) is 42.5 Å². The highest BCUT2D eigenvalue weighted by Gasteiger charge is 2.30. The van der Waals surface area contributed by atoms with Crippen LogP contribution in [0.4, 0.5) is 5.95 Å². The number of allylic oxidation sites excluding steroid dienone is 2. The molecule has 1 aromatic carbocycles. The van der Waals surface area contributed by atoms with Crippen LogP contribution in [0.25, 0.3) is 6.08 Å². The fourth-order valence-corrected chi connectivity index (χ4v) is 2.45. The lowest BCUT2D eigenvalue weighted by Crippen LogP contribution is -2.27. The van der Waals surface area contributed by atoms with Gasteiger partial charge >= 0.3 is 5.97 Å². The van der Waals surface area contributed by atoms with Crippen molar-refractivity contribution in [3.8, 4) is 0 Å². The molecule has 0 spiro atoms. The summed E-state index contributed by atoms with van der Waals surface area (Å²) < 4.78 is 6.57. The molecule has 1 aliphatic heterocycles. The van der Waals surface area contributed by atoms with Crippen LogP contribution in [0.1, 0.15) is 18.5 Å². The Morgan fingerprint density at radius 3 is 2.86 bits per heavy atom. The highest BCUT2D eigenvalue weighted by atomic mass is 16.5. The second-order valence-corrected chi connectivity index (χ2v) is 4.90. The highest BCUT2D eigenvalue weighted by Crippen LogP contribution is 2.31. The molecule has 1 aromatic heterocycles. The maximum absolute atomic E-state index is 12.1. The SMILES string of the molecule is COC(=O)C1=C(C)Nc2ncnn2C1C=Cc1ccccc1. The van der Waals surface area contributed by atoms with Gasteiger partial charge in [0.05, 0.1) is 12.7 Å². The van der Waals surface area contributed by atoms with Crippen molar-refractivity contribution in [2.75, 3.05) is 12.4 Å². The number of carbonyl (C=O) groups excluding carboxylic acids is 1. The lowest BCUT2D eigenvalue weighted by Gasteiger charge is -2.25. The Bertz CT molecular complexity index is 747. The highest BCUT2D eigenvalue weighted by molar-refractivity contribution is 5.92. The maximum Gasteiger partial charge on any atom is 0.338 e. The largest absolute Gasteiger partial charge is 0.466 e. The quantitative estimate of drug-likeness (QED) is 0.881. The third kappa shape index (κ3) is 2.50. The minimum Gasteiger partial charge on any atom is -0.466 e. The van der Waals surface area contributed by atoms with E-state index in [0.29, 0.717) is 11.5 Å². The number of esters is 1. The molecule has 112 valence electrons. The summed E-state index contributed by atoms with van der Waals surface area (Å²) >= 11 is 0. The third-order valence-corrected chi connectivity index (χ3v) is 3.51. The monoisotopic (exact) mass is 296 g/mol. The van der Waals surface area contributed by atoms with Crippen LogP contribution in [-0.2, 0) is 9.53 Å². The number of hydrogen-bond donors (Lipinski definition) is 1. The first-order chi connectivity index (χ1) is 10.7. The van der Waals surface area contributed by atoms with Gasteiger partial charge in [-0.05, 0) is 12.5 Å². The Labute approximate surface area is 128 Å². The summed E-state index contributed by atoms with van der Waals surface area (Å²) in [6.07, 6.45) is 5.33. The van der Waals surface area contributed by atoms with Gasteiger partial charge in [-0.15, -0.1) is 0 Å². The van der Waals surface area contributed by atoms with Crippen molar-refractivity contribution in [3.05, 3.63) is 59.6 Å². The molecule has 0 saturated carbocycles. The van der Waals surface area contributed by atoms with E-state index in [1.807, 2.05) is 49.4 Å². The molecule has 1 aliphatic rings. The fraction of sp³-hybridized carbons (Fsp3) is 0.188. The number of ether oxygens (including phenoxy) is 1. The summed E-state index contributed by atoms with van der Waals surface area (Å²) in [6.45, 7) is 1.83.